The molecular formula is C18H21N. The van der Waals surface area contributed by atoms with Gasteiger partial charge in [0.15, 0.2) is 0 Å². The topological polar surface area (TPSA) is 12.4 Å². The van der Waals surface area contributed by atoms with Gasteiger partial charge in [-0.15, -0.1) is 0 Å². The first kappa shape index (κ1) is 13.5. The predicted molar refractivity (Wildman–Crippen MR) is 84.4 cm³/mol. The number of nitrogens with zero attached hydrogens (tertiary/aromatic N) is 1. The van der Waals surface area contributed by atoms with Gasteiger partial charge in [0.1, 0.15) is 0 Å². The first-order chi connectivity index (χ1) is 8.97. The third-order valence-electron chi connectivity index (χ3n) is 3.39. The van der Waals surface area contributed by atoms with Crippen LogP contribution in [0.1, 0.15) is 37.8 Å². The van der Waals surface area contributed by atoms with E-state index in [1.807, 2.05) is 12.2 Å². The molecule has 0 radical (unpaired) electrons. The van der Waals surface area contributed by atoms with Crippen molar-refractivity contribution in [2.75, 3.05) is 0 Å². The minimum absolute atomic E-state index is 0.555. The van der Waals surface area contributed by atoms with Crippen molar-refractivity contribution in [2.45, 2.75) is 33.6 Å². The second-order valence-corrected chi connectivity index (χ2v) is 5.43. The molecule has 0 aliphatic heterocycles. The Labute approximate surface area is 116 Å². The lowest BCUT2D eigenvalue weighted by Crippen LogP contribution is -2.00. The first-order valence-electron chi connectivity index (χ1n) is 6.72. The number of benzene rings is 1. The van der Waals surface area contributed by atoms with Crippen LogP contribution in [-0.4, -0.2) is 5.71 Å². The average molecular weight is 251 g/mol. The van der Waals surface area contributed by atoms with Crippen LogP contribution in [0.4, 0.5) is 5.69 Å². The van der Waals surface area contributed by atoms with Crippen molar-refractivity contribution >= 4 is 11.4 Å². The van der Waals surface area contributed by atoms with Crippen molar-refractivity contribution in [1.29, 1.82) is 0 Å². The van der Waals surface area contributed by atoms with Gasteiger partial charge in [0.25, 0.3) is 0 Å². The summed E-state index contributed by atoms with van der Waals surface area (Å²) in [5, 5.41) is 0. The Morgan fingerprint density at radius 3 is 2.42 bits per heavy atom. The molecule has 1 nitrogen and oxygen atoms in total. The van der Waals surface area contributed by atoms with Gasteiger partial charge in [-0.3, -0.25) is 0 Å². The SMILES string of the molecule is C=C1C=C/C(=N/c2ccc(C(C)C)cc2C)C(C)=C1. The Hall–Kier alpha value is -1.89. The van der Waals surface area contributed by atoms with Gasteiger partial charge in [0, 0.05) is 0 Å². The van der Waals surface area contributed by atoms with E-state index in [1.54, 1.807) is 0 Å². The summed E-state index contributed by atoms with van der Waals surface area (Å²) in [6.07, 6.45) is 6.10. The van der Waals surface area contributed by atoms with E-state index >= 15 is 0 Å². The molecule has 98 valence electrons. The Bertz CT molecular complexity index is 598. The average Bonchev–Trinajstić information content (AvgIpc) is 2.34. The van der Waals surface area contributed by atoms with Crippen LogP contribution in [0.3, 0.4) is 0 Å². The highest BCUT2D eigenvalue weighted by Gasteiger charge is 2.07. The molecule has 0 unspecified atom stereocenters. The van der Waals surface area contributed by atoms with Gasteiger partial charge in [-0.2, -0.15) is 0 Å². The maximum atomic E-state index is 4.75. The Balaban J connectivity index is 2.36. The highest BCUT2D eigenvalue weighted by molar-refractivity contribution is 6.11. The largest absolute Gasteiger partial charge is 0.249 e. The monoisotopic (exact) mass is 251 g/mol. The Morgan fingerprint density at radius 2 is 1.84 bits per heavy atom. The molecule has 0 spiro atoms. The number of aryl methyl sites for hydroxylation is 1. The molecule has 0 atom stereocenters. The summed E-state index contributed by atoms with van der Waals surface area (Å²) < 4.78 is 0. The third kappa shape index (κ3) is 3.11. The lowest BCUT2D eigenvalue weighted by Gasteiger charge is -2.11. The summed E-state index contributed by atoms with van der Waals surface area (Å²) in [4.78, 5) is 4.75. The Kier molecular flexibility index (Phi) is 3.84. The van der Waals surface area contributed by atoms with Crippen molar-refractivity contribution in [3.63, 3.8) is 0 Å². The summed E-state index contributed by atoms with van der Waals surface area (Å²) in [7, 11) is 0. The zero-order valence-corrected chi connectivity index (χ0v) is 12.2. The fourth-order valence-electron chi connectivity index (χ4n) is 2.14. The number of aliphatic imine (C=N–C) groups is 1. The molecule has 2 rings (SSSR count). The molecule has 0 amide bonds. The van der Waals surface area contributed by atoms with E-state index in [4.69, 9.17) is 4.99 Å². The molecule has 1 aromatic rings. The minimum Gasteiger partial charge on any atom is -0.249 e. The molecule has 19 heavy (non-hydrogen) atoms. The van der Waals surface area contributed by atoms with Crippen LogP contribution in [0.15, 0.2) is 59.1 Å². The van der Waals surface area contributed by atoms with E-state index in [1.165, 1.54) is 16.7 Å². The Morgan fingerprint density at radius 1 is 1.11 bits per heavy atom. The van der Waals surface area contributed by atoms with E-state index in [0.717, 1.165) is 17.0 Å². The van der Waals surface area contributed by atoms with E-state index in [2.05, 4.69) is 58.5 Å². The molecule has 0 aromatic heterocycles. The second kappa shape index (κ2) is 5.40. The molecule has 0 N–H and O–H groups in total. The van der Waals surface area contributed by atoms with Crippen LogP contribution < -0.4 is 0 Å². The lowest BCUT2D eigenvalue weighted by atomic mass is 9.99. The highest BCUT2D eigenvalue weighted by atomic mass is 14.7. The first-order valence-corrected chi connectivity index (χ1v) is 6.72. The van der Waals surface area contributed by atoms with Crippen molar-refractivity contribution in [2.24, 2.45) is 4.99 Å². The number of allylic oxidation sites excluding steroid dienone is 5. The summed E-state index contributed by atoms with van der Waals surface area (Å²) in [6.45, 7) is 12.6. The molecule has 1 aliphatic carbocycles. The van der Waals surface area contributed by atoms with Crippen LogP contribution in [0.25, 0.3) is 0 Å². The van der Waals surface area contributed by atoms with Crippen molar-refractivity contribution < 1.29 is 0 Å². The predicted octanol–water partition coefficient (Wildman–Crippen LogP) is 5.26. The molecule has 1 heteroatoms. The minimum atomic E-state index is 0.555. The van der Waals surface area contributed by atoms with Gasteiger partial charge in [-0.05, 0) is 54.2 Å². The number of hydrogen-bond donors (Lipinski definition) is 0. The van der Waals surface area contributed by atoms with Crippen molar-refractivity contribution in [3.8, 4) is 0 Å². The normalized spacial score (nSPS) is 17.2. The molecule has 0 saturated heterocycles. The van der Waals surface area contributed by atoms with Crippen LogP contribution in [0, 0.1) is 6.92 Å². The van der Waals surface area contributed by atoms with Gasteiger partial charge < -0.3 is 0 Å². The van der Waals surface area contributed by atoms with Crippen molar-refractivity contribution in [3.05, 3.63) is 65.3 Å². The van der Waals surface area contributed by atoms with Crippen LogP contribution in [-0.2, 0) is 0 Å². The summed E-state index contributed by atoms with van der Waals surface area (Å²) in [5.41, 5.74) is 6.85. The fraction of sp³-hybridized carbons (Fsp3) is 0.278. The molecule has 1 aromatic carbocycles. The lowest BCUT2D eigenvalue weighted by molar-refractivity contribution is 0.865. The van der Waals surface area contributed by atoms with E-state index in [9.17, 15) is 0 Å². The quantitative estimate of drug-likeness (QED) is 0.679. The maximum absolute atomic E-state index is 4.75. The van der Waals surface area contributed by atoms with Gasteiger partial charge in [-0.1, -0.05) is 44.7 Å². The molecular weight excluding hydrogens is 230 g/mol. The van der Waals surface area contributed by atoms with Crippen LogP contribution >= 0.6 is 0 Å². The zero-order valence-electron chi connectivity index (χ0n) is 12.2. The second-order valence-electron chi connectivity index (χ2n) is 5.43. The van der Waals surface area contributed by atoms with Crippen LogP contribution in [0.2, 0.25) is 0 Å². The number of hydrogen-bond acceptors (Lipinski definition) is 1. The van der Waals surface area contributed by atoms with E-state index in [0.29, 0.717) is 5.92 Å². The standard InChI is InChI=1S/C18H21N/c1-12(2)16-7-9-18(15(5)11-16)19-17-8-6-13(3)10-14(17)4/h6-12H,3H2,1-2,4-5H3/b19-17-. The molecule has 0 bridgehead atoms. The smallest absolute Gasteiger partial charge is 0.0666 e. The summed E-state index contributed by atoms with van der Waals surface area (Å²) >= 11 is 0. The molecule has 0 fully saturated rings. The summed E-state index contributed by atoms with van der Waals surface area (Å²) in [5.74, 6) is 0.555. The van der Waals surface area contributed by atoms with Crippen molar-refractivity contribution in [1.82, 2.24) is 0 Å². The molecule has 0 saturated carbocycles. The van der Waals surface area contributed by atoms with Gasteiger partial charge in [0.05, 0.1) is 11.4 Å². The third-order valence-corrected chi connectivity index (χ3v) is 3.39. The summed E-state index contributed by atoms with van der Waals surface area (Å²) in [6, 6.07) is 6.51. The maximum Gasteiger partial charge on any atom is 0.0666 e. The van der Waals surface area contributed by atoms with Gasteiger partial charge in [0.2, 0.25) is 0 Å². The highest BCUT2D eigenvalue weighted by Crippen LogP contribution is 2.25. The number of rotatable bonds is 2. The fourth-order valence-corrected chi connectivity index (χ4v) is 2.14. The molecule has 0 heterocycles. The van der Waals surface area contributed by atoms with E-state index in [-0.39, 0.29) is 0 Å². The van der Waals surface area contributed by atoms with E-state index < -0.39 is 0 Å². The van der Waals surface area contributed by atoms with Gasteiger partial charge >= 0.3 is 0 Å². The molecule has 1 aliphatic rings. The zero-order chi connectivity index (χ0) is 14.0. The van der Waals surface area contributed by atoms with Crippen LogP contribution in [0.5, 0.6) is 0 Å². The van der Waals surface area contributed by atoms with Gasteiger partial charge in [-0.25, -0.2) is 4.99 Å².